The van der Waals surface area contributed by atoms with Gasteiger partial charge in [0.1, 0.15) is 6.04 Å². The van der Waals surface area contributed by atoms with Crippen molar-refractivity contribution in [3.63, 3.8) is 0 Å². The van der Waals surface area contributed by atoms with Crippen molar-refractivity contribution >= 4 is 21.9 Å². The third-order valence-corrected chi connectivity index (χ3v) is 6.07. The number of carbonyl (C=O) groups excluding carboxylic acids is 1. The Morgan fingerprint density at radius 2 is 1.96 bits per heavy atom. The SMILES string of the molecule is CCCS(=O)(=O)N1CCCC1C(=O)NCc1ccc(C(=O)O)cc1. The molecule has 2 rings (SSSR count). The van der Waals surface area contributed by atoms with Gasteiger partial charge in [0.15, 0.2) is 0 Å². The molecule has 1 saturated heterocycles. The van der Waals surface area contributed by atoms with Gasteiger partial charge in [0, 0.05) is 13.1 Å². The van der Waals surface area contributed by atoms with Crippen LogP contribution in [0.1, 0.15) is 42.1 Å². The van der Waals surface area contributed by atoms with Gasteiger partial charge in [-0.15, -0.1) is 0 Å². The minimum atomic E-state index is -3.40. The fourth-order valence-corrected chi connectivity index (χ4v) is 4.53. The van der Waals surface area contributed by atoms with E-state index in [1.54, 1.807) is 19.1 Å². The van der Waals surface area contributed by atoms with Gasteiger partial charge in [-0.1, -0.05) is 19.1 Å². The van der Waals surface area contributed by atoms with E-state index in [-0.39, 0.29) is 23.8 Å². The summed E-state index contributed by atoms with van der Waals surface area (Å²) in [7, 11) is -3.40. The van der Waals surface area contributed by atoms with E-state index in [0.29, 0.717) is 25.8 Å². The van der Waals surface area contributed by atoms with Crippen LogP contribution in [0, 0.1) is 0 Å². The van der Waals surface area contributed by atoms with Crippen molar-refractivity contribution in [3.05, 3.63) is 35.4 Å². The number of benzene rings is 1. The predicted molar refractivity (Wildman–Crippen MR) is 89.1 cm³/mol. The average molecular weight is 354 g/mol. The van der Waals surface area contributed by atoms with Gasteiger partial charge in [-0.2, -0.15) is 4.31 Å². The van der Waals surface area contributed by atoms with E-state index < -0.39 is 22.0 Å². The van der Waals surface area contributed by atoms with Crippen LogP contribution in [0.5, 0.6) is 0 Å². The minimum absolute atomic E-state index is 0.0490. The molecule has 1 amide bonds. The number of nitrogens with zero attached hydrogens (tertiary/aromatic N) is 1. The second-order valence-corrected chi connectivity index (χ2v) is 7.85. The molecule has 1 aliphatic heterocycles. The summed E-state index contributed by atoms with van der Waals surface area (Å²) in [5, 5.41) is 11.6. The van der Waals surface area contributed by atoms with Gasteiger partial charge < -0.3 is 10.4 Å². The number of carboxylic acid groups (broad SMARTS) is 1. The number of hydrogen-bond acceptors (Lipinski definition) is 4. The highest BCUT2D eigenvalue weighted by Crippen LogP contribution is 2.22. The summed E-state index contributed by atoms with van der Waals surface area (Å²) in [5.41, 5.74) is 0.937. The first kappa shape index (κ1) is 18.4. The molecule has 0 saturated carbocycles. The van der Waals surface area contributed by atoms with Crippen LogP contribution in [-0.2, 0) is 21.4 Å². The lowest BCUT2D eigenvalue weighted by atomic mass is 10.1. The molecule has 0 spiro atoms. The van der Waals surface area contributed by atoms with E-state index in [9.17, 15) is 18.0 Å². The molecule has 0 bridgehead atoms. The molecule has 8 heteroatoms. The Kier molecular flexibility index (Phi) is 5.95. The van der Waals surface area contributed by atoms with Crippen LogP contribution in [0.4, 0.5) is 0 Å². The first-order valence-electron chi connectivity index (χ1n) is 7.94. The molecule has 2 N–H and O–H groups in total. The van der Waals surface area contributed by atoms with Crippen LogP contribution in [0.3, 0.4) is 0 Å². The van der Waals surface area contributed by atoms with E-state index in [4.69, 9.17) is 5.11 Å². The second-order valence-electron chi connectivity index (χ2n) is 5.80. The van der Waals surface area contributed by atoms with Gasteiger partial charge in [0.05, 0.1) is 11.3 Å². The highest BCUT2D eigenvalue weighted by atomic mass is 32.2. The van der Waals surface area contributed by atoms with Crippen molar-refractivity contribution in [1.29, 1.82) is 0 Å². The summed E-state index contributed by atoms with van der Waals surface area (Å²) >= 11 is 0. The van der Waals surface area contributed by atoms with Gasteiger partial charge in [-0.25, -0.2) is 13.2 Å². The molecule has 1 aromatic carbocycles. The van der Waals surface area contributed by atoms with Crippen molar-refractivity contribution in [2.24, 2.45) is 0 Å². The minimum Gasteiger partial charge on any atom is -0.478 e. The Bertz CT molecular complexity index is 700. The third-order valence-electron chi connectivity index (χ3n) is 3.99. The Hall–Kier alpha value is -1.93. The Labute approximate surface area is 141 Å². The van der Waals surface area contributed by atoms with E-state index in [1.165, 1.54) is 16.4 Å². The molecular formula is C16H22N2O5S. The molecule has 1 aliphatic rings. The summed E-state index contributed by atoms with van der Waals surface area (Å²) in [6, 6.07) is 5.54. The fourth-order valence-electron chi connectivity index (χ4n) is 2.78. The van der Waals surface area contributed by atoms with Crippen LogP contribution in [-0.4, -0.2) is 48.0 Å². The summed E-state index contributed by atoms with van der Waals surface area (Å²) in [4.78, 5) is 23.1. The van der Waals surface area contributed by atoms with Gasteiger partial charge in [-0.05, 0) is 37.0 Å². The maximum absolute atomic E-state index is 12.3. The van der Waals surface area contributed by atoms with Crippen molar-refractivity contribution in [2.45, 2.75) is 38.8 Å². The molecule has 1 heterocycles. The largest absolute Gasteiger partial charge is 0.478 e. The smallest absolute Gasteiger partial charge is 0.335 e. The summed E-state index contributed by atoms with van der Waals surface area (Å²) in [5.74, 6) is -1.27. The molecule has 132 valence electrons. The van der Waals surface area contributed by atoms with Crippen LogP contribution < -0.4 is 5.32 Å². The lowest BCUT2D eigenvalue weighted by Gasteiger charge is -2.23. The quantitative estimate of drug-likeness (QED) is 0.766. The molecule has 7 nitrogen and oxygen atoms in total. The number of amides is 1. The Balaban J connectivity index is 1.97. The number of rotatable bonds is 7. The zero-order valence-corrected chi connectivity index (χ0v) is 14.4. The number of carboxylic acids is 1. The van der Waals surface area contributed by atoms with E-state index in [2.05, 4.69) is 5.32 Å². The van der Waals surface area contributed by atoms with E-state index >= 15 is 0 Å². The number of sulfonamides is 1. The molecule has 0 aromatic heterocycles. The predicted octanol–water partition coefficient (Wildman–Crippen LogP) is 1.21. The maximum Gasteiger partial charge on any atom is 0.335 e. The number of aromatic carboxylic acids is 1. The lowest BCUT2D eigenvalue weighted by molar-refractivity contribution is -0.124. The van der Waals surface area contributed by atoms with Crippen LogP contribution in [0.2, 0.25) is 0 Å². The van der Waals surface area contributed by atoms with Gasteiger partial charge in [0.2, 0.25) is 15.9 Å². The molecular weight excluding hydrogens is 332 g/mol. The third kappa shape index (κ3) is 4.33. The van der Waals surface area contributed by atoms with E-state index in [0.717, 1.165) is 5.56 Å². The number of nitrogens with one attached hydrogen (secondary N) is 1. The molecule has 0 radical (unpaired) electrons. The van der Waals surface area contributed by atoms with Gasteiger partial charge in [-0.3, -0.25) is 4.79 Å². The molecule has 1 fully saturated rings. The highest BCUT2D eigenvalue weighted by molar-refractivity contribution is 7.89. The molecule has 0 aliphatic carbocycles. The van der Waals surface area contributed by atoms with Gasteiger partial charge in [0.25, 0.3) is 0 Å². The highest BCUT2D eigenvalue weighted by Gasteiger charge is 2.37. The topological polar surface area (TPSA) is 104 Å². The first-order valence-corrected chi connectivity index (χ1v) is 9.55. The van der Waals surface area contributed by atoms with Crippen LogP contribution >= 0.6 is 0 Å². The fraction of sp³-hybridized carbons (Fsp3) is 0.500. The normalized spacial score (nSPS) is 18.5. The summed E-state index contributed by atoms with van der Waals surface area (Å²) in [6.07, 6.45) is 1.71. The Morgan fingerprint density at radius 3 is 2.54 bits per heavy atom. The number of carbonyl (C=O) groups is 2. The van der Waals surface area contributed by atoms with Crippen molar-refractivity contribution < 1.29 is 23.1 Å². The van der Waals surface area contributed by atoms with E-state index in [1.807, 2.05) is 0 Å². The zero-order chi connectivity index (χ0) is 17.7. The van der Waals surface area contributed by atoms with Crippen molar-refractivity contribution in [2.75, 3.05) is 12.3 Å². The average Bonchev–Trinajstić information content (AvgIpc) is 3.03. The molecule has 1 unspecified atom stereocenters. The summed E-state index contributed by atoms with van der Waals surface area (Å²) < 4.78 is 25.7. The number of hydrogen-bond donors (Lipinski definition) is 2. The molecule has 1 aromatic rings. The zero-order valence-electron chi connectivity index (χ0n) is 13.6. The lowest BCUT2D eigenvalue weighted by Crippen LogP contribution is -2.46. The maximum atomic E-state index is 12.3. The standard InChI is InChI=1S/C16H22N2O5S/c1-2-10-24(22,23)18-9-3-4-14(18)15(19)17-11-12-5-7-13(8-6-12)16(20)21/h5-8,14H,2-4,9-11H2,1H3,(H,17,19)(H,20,21). The second kappa shape index (κ2) is 7.76. The van der Waals surface area contributed by atoms with Gasteiger partial charge >= 0.3 is 5.97 Å². The van der Waals surface area contributed by atoms with Crippen LogP contribution in [0.15, 0.2) is 24.3 Å². The monoisotopic (exact) mass is 354 g/mol. The summed E-state index contributed by atoms with van der Waals surface area (Å²) in [6.45, 7) is 2.41. The van der Waals surface area contributed by atoms with Crippen molar-refractivity contribution in [3.8, 4) is 0 Å². The first-order chi connectivity index (χ1) is 11.3. The molecule has 24 heavy (non-hydrogen) atoms. The molecule has 1 atom stereocenters. The van der Waals surface area contributed by atoms with Crippen LogP contribution in [0.25, 0.3) is 0 Å². The Morgan fingerprint density at radius 1 is 1.29 bits per heavy atom. The van der Waals surface area contributed by atoms with Crippen molar-refractivity contribution in [1.82, 2.24) is 9.62 Å².